The summed E-state index contributed by atoms with van der Waals surface area (Å²) in [6.45, 7) is 18.8. The van der Waals surface area contributed by atoms with Gasteiger partial charge in [-0.05, 0) is 161 Å². The van der Waals surface area contributed by atoms with Crippen LogP contribution in [0.1, 0.15) is 99.9 Å². The Hall–Kier alpha value is -8.73. The number of anilines is 3. The van der Waals surface area contributed by atoms with Gasteiger partial charge in [0.1, 0.15) is 0 Å². The number of fused-ring (bicyclic) bond motifs is 18. The summed E-state index contributed by atoms with van der Waals surface area (Å²) >= 11 is 0. The van der Waals surface area contributed by atoms with Crippen LogP contribution in [0, 0.1) is 0 Å². The molecule has 77 heavy (non-hydrogen) atoms. The molecule has 0 atom stereocenters. The molecule has 4 nitrogen and oxygen atoms in total. The van der Waals surface area contributed by atoms with E-state index in [2.05, 4.69) is 288 Å². The van der Waals surface area contributed by atoms with Crippen molar-refractivity contribution in [3.63, 3.8) is 0 Å². The van der Waals surface area contributed by atoms with Crippen LogP contribution in [0.25, 0.3) is 78.0 Å². The van der Waals surface area contributed by atoms with Crippen molar-refractivity contribution in [1.82, 2.24) is 14.0 Å². The van der Waals surface area contributed by atoms with Crippen molar-refractivity contribution in [3.05, 3.63) is 263 Å². The lowest BCUT2D eigenvalue weighted by molar-refractivity contribution is 0.586. The second-order valence-corrected chi connectivity index (χ2v) is 24.4. The van der Waals surface area contributed by atoms with Crippen molar-refractivity contribution in [2.45, 2.75) is 77.0 Å². The summed E-state index contributed by atoms with van der Waals surface area (Å²) in [5.41, 5.74) is 28.9. The minimum absolute atomic E-state index is 0.0395. The van der Waals surface area contributed by atoms with Crippen molar-refractivity contribution >= 4 is 44.9 Å². The quantitative estimate of drug-likeness (QED) is 0.172. The molecule has 2 aromatic heterocycles. The Balaban J connectivity index is 0.987. The average molecular weight is 993 g/mol. The molecule has 372 valence electrons. The minimum Gasteiger partial charge on any atom is -0.310 e. The molecule has 10 aromatic carbocycles. The van der Waals surface area contributed by atoms with Crippen molar-refractivity contribution in [2.24, 2.45) is 0 Å². The van der Waals surface area contributed by atoms with Gasteiger partial charge >= 0.3 is 0 Å². The maximum atomic E-state index is 5.23. The fourth-order valence-electron chi connectivity index (χ4n) is 13.8. The molecule has 4 heteroatoms. The molecule has 0 saturated heterocycles. The Labute approximate surface area is 451 Å². The van der Waals surface area contributed by atoms with Gasteiger partial charge in [0.2, 0.25) is 5.78 Å². The number of nitrogens with zero attached hydrogens (tertiary/aromatic N) is 4. The maximum absolute atomic E-state index is 5.23. The van der Waals surface area contributed by atoms with E-state index in [0.717, 1.165) is 61.7 Å². The molecule has 3 aliphatic carbocycles. The number of benzene rings is 10. The fourth-order valence-corrected chi connectivity index (χ4v) is 13.8. The van der Waals surface area contributed by atoms with E-state index < -0.39 is 5.41 Å². The molecule has 3 aliphatic rings. The van der Waals surface area contributed by atoms with E-state index in [9.17, 15) is 0 Å². The Morgan fingerprint density at radius 2 is 0.987 bits per heavy atom. The summed E-state index contributed by atoms with van der Waals surface area (Å²) in [5, 5.41) is 0. The Morgan fingerprint density at radius 1 is 0.403 bits per heavy atom. The van der Waals surface area contributed by atoms with E-state index in [1.165, 1.54) is 77.9 Å². The number of hydrogen-bond donors (Lipinski definition) is 0. The van der Waals surface area contributed by atoms with E-state index in [4.69, 9.17) is 4.98 Å². The van der Waals surface area contributed by atoms with Crippen LogP contribution in [0.3, 0.4) is 0 Å². The van der Waals surface area contributed by atoms with Crippen molar-refractivity contribution in [2.75, 3.05) is 4.90 Å². The molecule has 0 radical (unpaired) electrons. The van der Waals surface area contributed by atoms with Gasteiger partial charge in [0.05, 0.1) is 33.2 Å². The van der Waals surface area contributed by atoms with E-state index in [-0.39, 0.29) is 16.2 Å². The number of aromatic nitrogens is 3. The standard InChI is InChI=1S/C73H60N4/c1-70(2,3)47-33-36-54-55-37-34-48(71(4,5)6)43-62(55)73(61(54)42-47)58-27-15-13-25-56(58)68-59(73)28-19-31-66(68)75(51-35-38-53-52-24-12-14-26-57(52)72(7,8)60(53)44-51)50-23-18-20-45(40-50)46-32-39-65-67(41-46)77-64-30-17-16-29-63(64)74-69(77)76(65)49-21-10-9-11-22-49/h9-44H,1-8H3. The number of imidazole rings is 2. The number of para-hydroxylation sites is 3. The Bertz CT molecular complexity index is 4390. The molecule has 2 heterocycles. The zero-order valence-electron chi connectivity index (χ0n) is 45.1. The van der Waals surface area contributed by atoms with Crippen LogP contribution in [0.15, 0.2) is 218 Å². The van der Waals surface area contributed by atoms with Crippen LogP contribution in [-0.2, 0) is 21.7 Å². The highest BCUT2D eigenvalue weighted by molar-refractivity contribution is 6.02. The van der Waals surface area contributed by atoms with E-state index >= 15 is 0 Å². The van der Waals surface area contributed by atoms with Crippen LogP contribution < -0.4 is 4.90 Å². The van der Waals surface area contributed by atoms with Gasteiger partial charge in [0, 0.05) is 28.0 Å². The molecule has 0 bridgehead atoms. The van der Waals surface area contributed by atoms with E-state index in [1.807, 2.05) is 0 Å². The fraction of sp³-hybridized carbons (Fsp3) is 0.164. The highest BCUT2D eigenvalue weighted by Gasteiger charge is 2.53. The summed E-state index contributed by atoms with van der Waals surface area (Å²) in [6.07, 6.45) is 0. The smallest absolute Gasteiger partial charge is 0.220 e. The van der Waals surface area contributed by atoms with Crippen LogP contribution in [0.4, 0.5) is 17.1 Å². The second-order valence-electron chi connectivity index (χ2n) is 24.4. The van der Waals surface area contributed by atoms with Crippen molar-refractivity contribution in [3.8, 4) is 50.2 Å². The lowest BCUT2D eigenvalue weighted by Crippen LogP contribution is -2.27. The largest absolute Gasteiger partial charge is 0.310 e. The highest BCUT2D eigenvalue weighted by atomic mass is 15.2. The zero-order valence-corrected chi connectivity index (χ0v) is 45.1. The average Bonchev–Trinajstić information content (AvgIpc) is 4.38. The number of hydrogen-bond acceptors (Lipinski definition) is 2. The summed E-state index contributed by atoms with van der Waals surface area (Å²) in [5.74, 6) is 0.902. The molecule has 0 fully saturated rings. The van der Waals surface area contributed by atoms with Gasteiger partial charge in [-0.15, -0.1) is 0 Å². The van der Waals surface area contributed by atoms with Gasteiger partial charge in [0.25, 0.3) is 0 Å². The first-order chi connectivity index (χ1) is 37.2. The number of rotatable bonds is 5. The summed E-state index contributed by atoms with van der Waals surface area (Å²) in [6, 6.07) is 82.6. The third-order valence-electron chi connectivity index (χ3n) is 17.6. The lowest BCUT2D eigenvalue weighted by Gasteiger charge is -2.33. The Morgan fingerprint density at radius 3 is 1.73 bits per heavy atom. The summed E-state index contributed by atoms with van der Waals surface area (Å²) in [4.78, 5) is 7.80. The first kappa shape index (κ1) is 45.6. The van der Waals surface area contributed by atoms with Gasteiger partial charge in [-0.25, -0.2) is 4.98 Å². The third-order valence-corrected chi connectivity index (χ3v) is 17.6. The van der Waals surface area contributed by atoms with Gasteiger partial charge in [-0.3, -0.25) is 8.97 Å². The molecule has 0 unspecified atom stereocenters. The predicted octanol–water partition coefficient (Wildman–Crippen LogP) is 18.8. The molecule has 1 spiro atoms. The predicted molar refractivity (Wildman–Crippen MR) is 321 cm³/mol. The SMILES string of the molecule is CC(C)(C)c1ccc2c(c1)C1(c3cc(C(C)(C)C)ccc3-2)c2ccccc2-c2c(N(c3cccc(-c4ccc5c(c4)n4c6ccccc6nc4n5-c4ccccc4)c3)c3ccc4c(c3)C(C)(C)c3ccccc3-4)cccc21. The normalized spacial score (nSPS) is 14.4. The molecule has 0 amide bonds. The molecule has 0 N–H and O–H groups in total. The zero-order chi connectivity index (χ0) is 52.3. The van der Waals surface area contributed by atoms with Crippen molar-refractivity contribution in [1.29, 1.82) is 0 Å². The molecule has 0 saturated carbocycles. The first-order valence-corrected chi connectivity index (χ1v) is 27.4. The van der Waals surface area contributed by atoms with Gasteiger partial charge in [0.15, 0.2) is 0 Å². The monoisotopic (exact) mass is 992 g/mol. The van der Waals surface area contributed by atoms with Gasteiger partial charge in [-0.1, -0.05) is 207 Å². The molecular formula is C73H60N4. The minimum atomic E-state index is -0.543. The summed E-state index contributed by atoms with van der Waals surface area (Å²) in [7, 11) is 0. The van der Waals surface area contributed by atoms with Gasteiger partial charge < -0.3 is 4.90 Å². The highest BCUT2D eigenvalue weighted by Crippen LogP contribution is 2.65. The first-order valence-electron chi connectivity index (χ1n) is 27.4. The molecule has 12 aromatic rings. The van der Waals surface area contributed by atoms with Crippen LogP contribution in [-0.4, -0.2) is 14.0 Å². The summed E-state index contributed by atoms with van der Waals surface area (Å²) < 4.78 is 4.62. The second kappa shape index (κ2) is 15.9. The molecule has 15 rings (SSSR count). The van der Waals surface area contributed by atoms with Crippen LogP contribution in [0.2, 0.25) is 0 Å². The van der Waals surface area contributed by atoms with Crippen LogP contribution in [0.5, 0.6) is 0 Å². The van der Waals surface area contributed by atoms with Gasteiger partial charge in [-0.2, -0.15) is 0 Å². The topological polar surface area (TPSA) is 25.5 Å². The third kappa shape index (κ3) is 6.36. The van der Waals surface area contributed by atoms with E-state index in [1.54, 1.807) is 0 Å². The van der Waals surface area contributed by atoms with Crippen LogP contribution >= 0.6 is 0 Å². The Kier molecular flexibility index (Phi) is 9.43. The molecular weight excluding hydrogens is 933 g/mol. The van der Waals surface area contributed by atoms with E-state index in [0.29, 0.717) is 0 Å². The lowest BCUT2D eigenvalue weighted by atomic mass is 9.69. The molecule has 0 aliphatic heterocycles. The van der Waals surface area contributed by atoms with Crippen molar-refractivity contribution < 1.29 is 0 Å². The maximum Gasteiger partial charge on any atom is 0.220 e.